The SMILES string of the molecule is CCN1CC[C@@](O)(NC(=O)c2cc(O[C@H]3CC[C@@](C)(C(=O)O)CC3)c(F)cc2OC)C(C(=O)Nc2cccc(S(=O)(=O)C(F)(F)F)c2)C1. The fourth-order valence-corrected chi connectivity index (χ4v) is 6.63. The topological polar surface area (TPSA) is 172 Å². The lowest BCUT2D eigenvalue weighted by molar-refractivity contribution is -0.150. The Hall–Kier alpha value is -3.96. The van der Waals surface area contributed by atoms with Gasteiger partial charge in [0.2, 0.25) is 5.91 Å². The Kier molecular flexibility index (Phi) is 10.7. The molecule has 2 fully saturated rings. The van der Waals surface area contributed by atoms with Crippen molar-refractivity contribution in [2.45, 2.75) is 68.2 Å². The molecule has 1 saturated carbocycles. The summed E-state index contributed by atoms with van der Waals surface area (Å²) >= 11 is 0. The maximum atomic E-state index is 15.0. The van der Waals surface area contributed by atoms with Gasteiger partial charge in [0.05, 0.1) is 35.0 Å². The van der Waals surface area contributed by atoms with Crippen molar-refractivity contribution < 1.29 is 60.0 Å². The number of piperidine rings is 1. The standard InChI is InChI=1S/C31H37F4N3O9S/c1-4-38-13-12-30(43,22(17-38)27(40)36-18-6-5-7-20(14-18)48(44,45)31(33,34)35)37-26(39)21-15-25(23(32)16-24(21)46-3)47-19-8-10-29(2,11-9-19)28(41)42/h5-7,14-16,19,22,43H,4,8-13,17H2,1-3H3,(H,36,40)(H,37,39)(H,41,42)/t19-,22?,29+,30-/m0/s1. The van der Waals surface area contributed by atoms with E-state index >= 15 is 4.39 Å². The number of hydrogen-bond donors (Lipinski definition) is 4. The molecule has 0 bridgehead atoms. The highest BCUT2D eigenvalue weighted by molar-refractivity contribution is 7.92. The number of carbonyl (C=O) groups is 3. The van der Waals surface area contributed by atoms with Crippen molar-refractivity contribution in [2.75, 3.05) is 32.1 Å². The van der Waals surface area contributed by atoms with Gasteiger partial charge in [-0.15, -0.1) is 0 Å². The zero-order chi connectivity index (χ0) is 35.7. The number of aliphatic hydroxyl groups is 1. The van der Waals surface area contributed by atoms with Crippen LogP contribution in [0.3, 0.4) is 0 Å². The first-order chi connectivity index (χ1) is 22.3. The van der Waals surface area contributed by atoms with Crippen LogP contribution < -0.4 is 20.1 Å². The van der Waals surface area contributed by atoms with E-state index in [2.05, 4.69) is 10.6 Å². The number of alkyl halides is 3. The number of benzene rings is 2. The van der Waals surface area contributed by atoms with Crippen LogP contribution in [0.4, 0.5) is 23.2 Å². The molecule has 0 radical (unpaired) electrons. The summed E-state index contributed by atoms with van der Waals surface area (Å²) in [5.41, 5.74) is -9.25. The van der Waals surface area contributed by atoms with Crippen molar-refractivity contribution in [3.8, 4) is 11.5 Å². The van der Waals surface area contributed by atoms with Crippen molar-refractivity contribution in [1.29, 1.82) is 0 Å². The van der Waals surface area contributed by atoms with E-state index in [0.29, 0.717) is 38.3 Å². The Morgan fingerprint density at radius 2 is 1.75 bits per heavy atom. The highest BCUT2D eigenvalue weighted by Crippen LogP contribution is 2.39. The van der Waals surface area contributed by atoms with Crippen LogP contribution in [0.25, 0.3) is 0 Å². The molecular formula is C31H37F4N3O9S. The van der Waals surface area contributed by atoms with E-state index < -0.39 is 67.0 Å². The zero-order valence-electron chi connectivity index (χ0n) is 26.4. The Morgan fingerprint density at radius 1 is 1.08 bits per heavy atom. The minimum Gasteiger partial charge on any atom is -0.496 e. The molecule has 17 heteroatoms. The summed E-state index contributed by atoms with van der Waals surface area (Å²) in [6.45, 7) is 4.02. The second-order valence-corrected chi connectivity index (χ2v) is 14.1. The van der Waals surface area contributed by atoms with Crippen LogP contribution in [0.1, 0.15) is 56.3 Å². The van der Waals surface area contributed by atoms with Gasteiger partial charge in [0.15, 0.2) is 17.3 Å². The third-order valence-corrected chi connectivity index (χ3v) is 10.5. The summed E-state index contributed by atoms with van der Waals surface area (Å²) in [7, 11) is -4.52. The summed E-state index contributed by atoms with van der Waals surface area (Å²) < 4.78 is 89.2. The average molecular weight is 704 g/mol. The van der Waals surface area contributed by atoms with Gasteiger partial charge in [-0.25, -0.2) is 12.8 Å². The van der Waals surface area contributed by atoms with Gasteiger partial charge in [-0.2, -0.15) is 13.2 Å². The Labute approximate surface area is 274 Å². The molecule has 1 aliphatic carbocycles. The number of nitrogens with one attached hydrogen (secondary N) is 2. The normalized spacial score (nSPS) is 25.2. The van der Waals surface area contributed by atoms with E-state index in [9.17, 15) is 46.2 Å². The number of amides is 2. The molecule has 4 N–H and O–H groups in total. The third kappa shape index (κ3) is 7.68. The molecule has 4 rings (SSSR count). The zero-order valence-corrected chi connectivity index (χ0v) is 27.2. The lowest BCUT2D eigenvalue weighted by atomic mass is 9.75. The van der Waals surface area contributed by atoms with Crippen LogP contribution >= 0.6 is 0 Å². The van der Waals surface area contributed by atoms with Gasteiger partial charge in [-0.05, 0) is 63.4 Å². The van der Waals surface area contributed by atoms with Crippen molar-refractivity contribution in [3.63, 3.8) is 0 Å². The second-order valence-electron chi connectivity index (χ2n) is 12.2. The van der Waals surface area contributed by atoms with Gasteiger partial charge in [0.25, 0.3) is 15.7 Å². The molecule has 1 unspecified atom stereocenters. The van der Waals surface area contributed by atoms with E-state index in [0.717, 1.165) is 24.3 Å². The number of carboxylic acid groups (broad SMARTS) is 1. The predicted molar refractivity (Wildman–Crippen MR) is 163 cm³/mol. The minimum absolute atomic E-state index is 0.0918. The Morgan fingerprint density at radius 3 is 2.33 bits per heavy atom. The third-order valence-electron chi connectivity index (χ3n) is 8.98. The number of methoxy groups -OCH3 is 1. The molecular weight excluding hydrogens is 666 g/mol. The number of nitrogens with zero attached hydrogens (tertiary/aromatic N) is 1. The van der Waals surface area contributed by atoms with Crippen molar-refractivity contribution >= 4 is 33.3 Å². The van der Waals surface area contributed by atoms with E-state index in [-0.39, 0.29) is 42.3 Å². The summed E-state index contributed by atoms with van der Waals surface area (Å²) in [4.78, 5) is 39.4. The number of aliphatic carboxylic acids is 1. The molecule has 2 aliphatic rings. The average Bonchev–Trinajstić information content (AvgIpc) is 3.02. The first-order valence-corrected chi connectivity index (χ1v) is 16.6. The van der Waals surface area contributed by atoms with Crippen LogP contribution in [-0.4, -0.2) is 85.4 Å². The largest absolute Gasteiger partial charge is 0.501 e. The number of ether oxygens (including phenoxy) is 2. The first-order valence-electron chi connectivity index (χ1n) is 15.1. The molecule has 2 atom stereocenters. The number of halogens is 4. The fourth-order valence-electron chi connectivity index (χ4n) is 5.82. The molecule has 2 aromatic carbocycles. The van der Waals surface area contributed by atoms with Crippen LogP contribution in [0.5, 0.6) is 11.5 Å². The quantitative estimate of drug-likeness (QED) is 0.210. The number of sulfone groups is 1. The van der Waals surface area contributed by atoms with Crippen LogP contribution in [0.15, 0.2) is 41.3 Å². The number of hydrogen-bond acceptors (Lipinski definition) is 9. The highest BCUT2D eigenvalue weighted by atomic mass is 32.2. The fraction of sp³-hybridized carbons (Fsp3) is 0.516. The Bertz CT molecular complexity index is 1660. The van der Waals surface area contributed by atoms with Gasteiger partial charge >= 0.3 is 11.5 Å². The van der Waals surface area contributed by atoms with Gasteiger partial charge in [0.1, 0.15) is 5.75 Å². The molecule has 2 amide bonds. The van der Waals surface area contributed by atoms with E-state index in [1.165, 1.54) is 13.2 Å². The molecule has 1 saturated heterocycles. The van der Waals surface area contributed by atoms with Crippen LogP contribution in [0.2, 0.25) is 0 Å². The van der Waals surface area contributed by atoms with Crippen molar-refractivity contribution in [3.05, 3.63) is 47.8 Å². The van der Waals surface area contributed by atoms with Gasteiger partial charge in [-0.1, -0.05) is 13.0 Å². The maximum absolute atomic E-state index is 15.0. The monoisotopic (exact) mass is 703 g/mol. The van der Waals surface area contributed by atoms with Gasteiger partial charge in [0, 0.05) is 31.3 Å². The molecule has 1 heterocycles. The smallest absolute Gasteiger partial charge is 0.496 e. The molecule has 2 aromatic rings. The molecule has 264 valence electrons. The molecule has 48 heavy (non-hydrogen) atoms. The summed E-state index contributed by atoms with van der Waals surface area (Å²) in [6, 6.07) is 5.55. The number of carboxylic acids is 1. The molecule has 12 nitrogen and oxygen atoms in total. The Balaban J connectivity index is 1.57. The molecule has 0 spiro atoms. The lowest BCUT2D eigenvalue weighted by Crippen LogP contribution is -2.64. The van der Waals surface area contributed by atoms with Crippen molar-refractivity contribution in [1.82, 2.24) is 10.2 Å². The van der Waals surface area contributed by atoms with Crippen LogP contribution in [0, 0.1) is 17.2 Å². The number of likely N-dealkylation sites (tertiary alicyclic amines) is 1. The van der Waals surface area contributed by atoms with E-state index in [4.69, 9.17) is 9.47 Å². The second kappa shape index (κ2) is 13.9. The summed E-state index contributed by atoms with van der Waals surface area (Å²) in [5, 5.41) is 26.0. The van der Waals surface area contributed by atoms with E-state index in [1.54, 1.807) is 18.7 Å². The molecule has 1 aliphatic heterocycles. The predicted octanol–water partition coefficient (Wildman–Crippen LogP) is 3.94. The van der Waals surface area contributed by atoms with Crippen molar-refractivity contribution in [2.24, 2.45) is 11.3 Å². The highest BCUT2D eigenvalue weighted by Gasteiger charge is 2.48. The first kappa shape index (κ1) is 36.9. The lowest BCUT2D eigenvalue weighted by Gasteiger charge is -2.43. The number of carbonyl (C=O) groups excluding carboxylic acids is 2. The van der Waals surface area contributed by atoms with Gasteiger partial charge < -0.3 is 35.2 Å². The maximum Gasteiger partial charge on any atom is 0.501 e. The van der Waals surface area contributed by atoms with E-state index in [1.807, 2.05) is 0 Å². The number of rotatable bonds is 10. The number of anilines is 1. The molecule has 0 aromatic heterocycles. The van der Waals surface area contributed by atoms with Gasteiger partial charge in [-0.3, -0.25) is 14.4 Å². The summed E-state index contributed by atoms with van der Waals surface area (Å²) in [6.07, 6.45) is 0.551. The van der Waals surface area contributed by atoms with Crippen LogP contribution in [-0.2, 0) is 19.4 Å². The minimum atomic E-state index is -5.71. The summed E-state index contributed by atoms with van der Waals surface area (Å²) in [5.74, 6) is -5.57.